The van der Waals surface area contributed by atoms with E-state index in [4.69, 9.17) is 4.98 Å². The van der Waals surface area contributed by atoms with Crippen LogP contribution in [0.2, 0.25) is 0 Å². The molecule has 0 amide bonds. The van der Waals surface area contributed by atoms with E-state index in [1.807, 2.05) is 60.8 Å². The molecule has 198 valence electrons. The standard InChI is InChI=1S/C39H22N4/c40-23-25-3-12-31(13-4-25)43(32-14-5-26(24-41)6-15-32)33-16-9-27(10-17-33)34-18-11-28-7-8-29-22-30-2-1-21-42-39(30)36-20-19-35(34)37(28)38(29)36/h1-22H. The van der Waals surface area contributed by atoms with Gasteiger partial charge < -0.3 is 4.90 Å². The molecule has 0 aliphatic heterocycles. The lowest BCUT2D eigenvalue weighted by atomic mass is 9.89. The summed E-state index contributed by atoms with van der Waals surface area (Å²) in [5.74, 6) is 0. The van der Waals surface area contributed by atoms with Crippen LogP contribution in [-0.2, 0) is 0 Å². The topological polar surface area (TPSA) is 63.7 Å². The zero-order chi connectivity index (χ0) is 28.9. The summed E-state index contributed by atoms with van der Waals surface area (Å²) in [7, 11) is 0. The van der Waals surface area contributed by atoms with E-state index in [1.165, 1.54) is 37.9 Å². The van der Waals surface area contributed by atoms with Gasteiger partial charge in [-0.05, 0) is 111 Å². The molecule has 7 aromatic carbocycles. The molecule has 8 rings (SSSR count). The van der Waals surface area contributed by atoms with E-state index in [0.29, 0.717) is 11.1 Å². The quantitative estimate of drug-likeness (QED) is 0.163. The van der Waals surface area contributed by atoms with Gasteiger partial charge >= 0.3 is 0 Å². The third kappa shape index (κ3) is 3.94. The van der Waals surface area contributed by atoms with Crippen LogP contribution >= 0.6 is 0 Å². The first-order valence-corrected chi connectivity index (χ1v) is 14.1. The molecule has 0 atom stereocenters. The Morgan fingerprint density at radius 1 is 0.512 bits per heavy atom. The highest BCUT2D eigenvalue weighted by Crippen LogP contribution is 2.42. The van der Waals surface area contributed by atoms with Crippen LogP contribution in [-0.4, -0.2) is 4.98 Å². The third-order valence-electron chi connectivity index (χ3n) is 8.30. The van der Waals surface area contributed by atoms with E-state index < -0.39 is 0 Å². The summed E-state index contributed by atoms with van der Waals surface area (Å²) in [6, 6.07) is 47.7. The highest BCUT2D eigenvalue weighted by atomic mass is 15.1. The lowest BCUT2D eigenvalue weighted by molar-refractivity contribution is 1.28. The smallest absolute Gasteiger partial charge is 0.0991 e. The van der Waals surface area contributed by atoms with Gasteiger partial charge in [0.2, 0.25) is 0 Å². The number of benzene rings is 7. The Bertz CT molecular complexity index is 2340. The van der Waals surface area contributed by atoms with Gasteiger partial charge in [-0.2, -0.15) is 10.5 Å². The van der Waals surface area contributed by atoms with Crippen LogP contribution in [0.5, 0.6) is 0 Å². The summed E-state index contributed by atoms with van der Waals surface area (Å²) in [6.07, 6.45) is 1.87. The molecule has 43 heavy (non-hydrogen) atoms. The van der Waals surface area contributed by atoms with Gasteiger partial charge in [-0.15, -0.1) is 0 Å². The van der Waals surface area contributed by atoms with Gasteiger partial charge in [-0.25, -0.2) is 0 Å². The predicted molar refractivity (Wildman–Crippen MR) is 175 cm³/mol. The van der Waals surface area contributed by atoms with Gasteiger partial charge in [-0.1, -0.05) is 54.6 Å². The Labute approximate surface area is 248 Å². The molecule has 0 radical (unpaired) electrons. The fraction of sp³-hybridized carbons (Fsp3) is 0. The number of hydrogen-bond acceptors (Lipinski definition) is 4. The second kappa shape index (κ2) is 9.70. The molecular formula is C39H22N4. The lowest BCUT2D eigenvalue weighted by Crippen LogP contribution is -2.09. The Morgan fingerprint density at radius 2 is 1.07 bits per heavy atom. The summed E-state index contributed by atoms with van der Waals surface area (Å²) >= 11 is 0. The highest BCUT2D eigenvalue weighted by molar-refractivity contribution is 6.29. The maximum atomic E-state index is 9.31. The Kier molecular flexibility index (Phi) is 5.54. The molecule has 8 aromatic rings. The molecular weight excluding hydrogens is 524 g/mol. The van der Waals surface area contributed by atoms with Crippen LogP contribution in [0.1, 0.15) is 11.1 Å². The minimum Gasteiger partial charge on any atom is -0.311 e. The molecule has 0 aliphatic rings. The molecule has 4 heteroatoms. The van der Waals surface area contributed by atoms with Crippen molar-refractivity contribution in [3.8, 4) is 23.3 Å². The first kappa shape index (κ1) is 24.6. The molecule has 0 unspecified atom stereocenters. The van der Waals surface area contributed by atoms with Crippen molar-refractivity contribution in [3.05, 3.63) is 145 Å². The molecule has 4 nitrogen and oxygen atoms in total. The van der Waals surface area contributed by atoms with Crippen LogP contribution in [0, 0.1) is 22.7 Å². The van der Waals surface area contributed by atoms with Crippen molar-refractivity contribution in [2.24, 2.45) is 0 Å². The molecule has 1 aromatic heterocycles. The van der Waals surface area contributed by atoms with Crippen LogP contribution < -0.4 is 4.90 Å². The van der Waals surface area contributed by atoms with Crippen molar-refractivity contribution >= 4 is 60.3 Å². The lowest BCUT2D eigenvalue weighted by Gasteiger charge is -2.26. The van der Waals surface area contributed by atoms with Crippen molar-refractivity contribution in [3.63, 3.8) is 0 Å². The number of nitrogens with zero attached hydrogens (tertiary/aromatic N) is 4. The van der Waals surface area contributed by atoms with Crippen molar-refractivity contribution in [1.82, 2.24) is 4.98 Å². The second-order valence-electron chi connectivity index (χ2n) is 10.7. The van der Waals surface area contributed by atoms with Gasteiger partial charge in [0.1, 0.15) is 0 Å². The van der Waals surface area contributed by atoms with Crippen molar-refractivity contribution in [1.29, 1.82) is 10.5 Å². The molecule has 0 fully saturated rings. The Balaban J connectivity index is 1.27. The average Bonchev–Trinajstić information content (AvgIpc) is 3.08. The van der Waals surface area contributed by atoms with Gasteiger partial charge in [0, 0.05) is 34.0 Å². The average molecular weight is 547 g/mol. The fourth-order valence-electron chi connectivity index (χ4n) is 6.28. The van der Waals surface area contributed by atoms with Crippen LogP contribution in [0.4, 0.5) is 17.1 Å². The van der Waals surface area contributed by atoms with E-state index in [2.05, 4.69) is 89.8 Å². The zero-order valence-electron chi connectivity index (χ0n) is 23.0. The Morgan fingerprint density at radius 3 is 1.72 bits per heavy atom. The SMILES string of the molecule is N#Cc1ccc(N(c2ccc(C#N)cc2)c2ccc(-c3ccc4ccc5cc6cccnc6c6ccc3c4c56)cc2)cc1. The van der Waals surface area contributed by atoms with Gasteiger partial charge in [0.15, 0.2) is 0 Å². The number of aromatic nitrogens is 1. The maximum absolute atomic E-state index is 9.31. The summed E-state index contributed by atoms with van der Waals surface area (Å²) in [5.41, 5.74) is 7.40. The summed E-state index contributed by atoms with van der Waals surface area (Å²) in [5, 5.41) is 27.1. The number of rotatable bonds is 4. The number of anilines is 3. The molecule has 0 saturated heterocycles. The number of fused-ring (bicyclic) bond motifs is 2. The molecule has 0 saturated carbocycles. The highest BCUT2D eigenvalue weighted by Gasteiger charge is 2.16. The summed E-state index contributed by atoms with van der Waals surface area (Å²) in [4.78, 5) is 6.86. The normalized spacial score (nSPS) is 11.2. The van der Waals surface area contributed by atoms with E-state index in [1.54, 1.807) is 0 Å². The molecule has 0 bridgehead atoms. The van der Waals surface area contributed by atoms with Crippen LogP contribution in [0.3, 0.4) is 0 Å². The van der Waals surface area contributed by atoms with E-state index in [0.717, 1.165) is 33.5 Å². The number of pyridine rings is 1. The first-order chi connectivity index (χ1) is 21.2. The molecule has 0 aliphatic carbocycles. The van der Waals surface area contributed by atoms with Crippen LogP contribution in [0.25, 0.3) is 54.3 Å². The predicted octanol–water partition coefficient (Wildman–Crippen LogP) is 10.0. The van der Waals surface area contributed by atoms with Crippen molar-refractivity contribution < 1.29 is 0 Å². The van der Waals surface area contributed by atoms with E-state index >= 15 is 0 Å². The first-order valence-electron chi connectivity index (χ1n) is 14.1. The number of hydrogen-bond donors (Lipinski definition) is 0. The van der Waals surface area contributed by atoms with E-state index in [-0.39, 0.29) is 0 Å². The van der Waals surface area contributed by atoms with Crippen LogP contribution in [0.15, 0.2) is 134 Å². The van der Waals surface area contributed by atoms with Crippen molar-refractivity contribution in [2.45, 2.75) is 0 Å². The molecule has 0 N–H and O–H groups in total. The maximum Gasteiger partial charge on any atom is 0.0991 e. The van der Waals surface area contributed by atoms with Gasteiger partial charge in [0.25, 0.3) is 0 Å². The molecule has 0 spiro atoms. The van der Waals surface area contributed by atoms with E-state index in [9.17, 15) is 10.5 Å². The second-order valence-corrected chi connectivity index (χ2v) is 10.7. The van der Waals surface area contributed by atoms with Crippen molar-refractivity contribution in [2.75, 3.05) is 4.90 Å². The monoisotopic (exact) mass is 546 g/mol. The molecule has 1 heterocycles. The largest absolute Gasteiger partial charge is 0.311 e. The fourth-order valence-corrected chi connectivity index (χ4v) is 6.28. The number of nitriles is 2. The summed E-state index contributed by atoms with van der Waals surface area (Å²) in [6.45, 7) is 0. The van der Waals surface area contributed by atoms with Gasteiger partial charge in [0.05, 0.1) is 28.8 Å². The minimum absolute atomic E-state index is 0.608. The Hall–Kier alpha value is -6.23. The summed E-state index contributed by atoms with van der Waals surface area (Å²) < 4.78 is 0. The third-order valence-corrected chi connectivity index (χ3v) is 8.30. The minimum atomic E-state index is 0.608. The van der Waals surface area contributed by atoms with Gasteiger partial charge in [-0.3, -0.25) is 4.98 Å². The zero-order valence-corrected chi connectivity index (χ0v) is 23.0.